The first-order valence-corrected chi connectivity index (χ1v) is 6.58. The molecule has 1 aromatic heterocycles. The molecule has 21 heavy (non-hydrogen) atoms. The summed E-state index contributed by atoms with van der Waals surface area (Å²) < 4.78 is 19.5. The predicted molar refractivity (Wildman–Crippen MR) is 71.1 cm³/mol. The molecule has 7 nitrogen and oxygen atoms in total. The van der Waals surface area contributed by atoms with Crippen LogP contribution in [0.4, 0.5) is 10.3 Å². The fraction of sp³-hybridized carbons (Fsp3) is 0.385. The molecular formula is C13H14FN5O2. The summed E-state index contributed by atoms with van der Waals surface area (Å²) in [5, 5.41) is 11.1. The summed E-state index contributed by atoms with van der Waals surface area (Å²) in [5.41, 5.74) is 6.80. The third-order valence-corrected chi connectivity index (χ3v) is 3.43. The lowest BCUT2D eigenvalue weighted by atomic mass is 10.1. The van der Waals surface area contributed by atoms with E-state index in [2.05, 4.69) is 15.4 Å². The summed E-state index contributed by atoms with van der Waals surface area (Å²) in [6.07, 6.45) is 1.90. The normalized spacial score (nSPS) is 16.7. The summed E-state index contributed by atoms with van der Waals surface area (Å²) in [5.74, 6) is 0.0754. The monoisotopic (exact) mass is 291 g/mol. The molecule has 0 aliphatic heterocycles. The van der Waals surface area contributed by atoms with Crippen LogP contribution in [0.15, 0.2) is 12.1 Å². The molecule has 8 heteroatoms. The minimum atomic E-state index is -0.324. The van der Waals surface area contributed by atoms with Crippen LogP contribution in [0.3, 0.4) is 0 Å². The van der Waals surface area contributed by atoms with Gasteiger partial charge < -0.3 is 15.3 Å². The largest absolute Gasteiger partial charge is 0.491 e. The van der Waals surface area contributed by atoms with Gasteiger partial charge in [-0.3, -0.25) is 0 Å². The molecule has 0 radical (unpaired) electrons. The van der Waals surface area contributed by atoms with Crippen LogP contribution in [0.5, 0.6) is 5.75 Å². The smallest absolute Gasteiger partial charge is 0.260 e. The second-order valence-electron chi connectivity index (χ2n) is 4.94. The highest BCUT2D eigenvalue weighted by Crippen LogP contribution is 2.31. The molecule has 2 N–H and O–H groups in total. The van der Waals surface area contributed by atoms with E-state index < -0.39 is 0 Å². The number of fused-ring (bicyclic) bond motifs is 1. The number of rotatable bonds is 5. The maximum Gasteiger partial charge on any atom is 0.260 e. The zero-order valence-corrected chi connectivity index (χ0v) is 11.2. The number of aldehydes is 1. The molecule has 2 aromatic rings. The van der Waals surface area contributed by atoms with Crippen LogP contribution in [-0.4, -0.2) is 33.1 Å². The summed E-state index contributed by atoms with van der Waals surface area (Å²) in [7, 11) is 0. The number of halogens is 1. The van der Waals surface area contributed by atoms with E-state index in [-0.39, 0.29) is 24.3 Å². The first-order chi connectivity index (χ1) is 10.2. The van der Waals surface area contributed by atoms with Crippen molar-refractivity contribution in [3.63, 3.8) is 0 Å². The molecule has 1 unspecified atom stereocenters. The number of carbonyl (C=O) groups excluding carboxylic acids is 1. The number of tetrazole rings is 1. The van der Waals surface area contributed by atoms with Gasteiger partial charge in [0.1, 0.15) is 24.5 Å². The van der Waals surface area contributed by atoms with Gasteiger partial charge in [-0.2, -0.15) is 4.80 Å². The standard InChI is InChI=1S/C13H14FN5O2/c14-12-6-10(5-9-3-8(7-20)4-11(9)12)21-2-1-19-17-13(15)16-18-19/h5-8H,1-4H2,(H2,15,17). The Morgan fingerprint density at radius 3 is 3.05 bits per heavy atom. The topological polar surface area (TPSA) is 95.9 Å². The van der Waals surface area contributed by atoms with Gasteiger partial charge in [0.05, 0.1) is 6.54 Å². The van der Waals surface area contributed by atoms with E-state index >= 15 is 0 Å². The van der Waals surface area contributed by atoms with Crippen molar-refractivity contribution in [3.05, 3.63) is 29.1 Å². The van der Waals surface area contributed by atoms with Crippen LogP contribution in [-0.2, 0) is 24.2 Å². The van der Waals surface area contributed by atoms with Gasteiger partial charge in [0.25, 0.3) is 5.95 Å². The van der Waals surface area contributed by atoms with E-state index in [9.17, 15) is 9.18 Å². The second-order valence-corrected chi connectivity index (χ2v) is 4.94. The van der Waals surface area contributed by atoms with Crippen molar-refractivity contribution in [2.45, 2.75) is 19.4 Å². The molecular weight excluding hydrogens is 277 g/mol. The van der Waals surface area contributed by atoms with E-state index in [4.69, 9.17) is 10.5 Å². The highest BCUT2D eigenvalue weighted by atomic mass is 19.1. The predicted octanol–water partition coefficient (Wildman–Crippen LogP) is 0.387. The molecule has 1 heterocycles. The Morgan fingerprint density at radius 1 is 1.48 bits per heavy atom. The van der Waals surface area contributed by atoms with Crippen molar-refractivity contribution >= 4 is 12.2 Å². The van der Waals surface area contributed by atoms with Crippen molar-refractivity contribution in [1.82, 2.24) is 20.2 Å². The van der Waals surface area contributed by atoms with Crippen molar-refractivity contribution in [2.75, 3.05) is 12.3 Å². The van der Waals surface area contributed by atoms with Gasteiger partial charge in [-0.1, -0.05) is 5.10 Å². The van der Waals surface area contributed by atoms with Gasteiger partial charge in [0, 0.05) is 12.0 Å². The maximum absolute atomic E-state index is 14.0. The van der Waals surface area contributed by atoms with Gasteiger partial charge in [0.15, 0.2) is 0 Å². The number of anilines is 1. The van der Waals surface area contributed by atoms with Crippen LogP contribution in [0.25, 0.3) is 0 Å². The molecule has 0 fully saturated rings. The molecule has 0 amide bonds. The Balaban J connectivity index is 1.64. The van der Waals surface area contributed by atoms with Crippen molar-refractivity contribution in [1.29, 1.82) is 0 Å². The SMILES string of the molecule is Nc1nnn(CCOc2cc(F)c3c(c2)CC(C=O)C3)n1. The van der Waals surface area contributed by atoms with Crippen LogP contribution >= 0.6 is 0 Å². The number of ether oxygens (including phenoxy) is 1. The lowest BCUT2D eigenvalue weighted by Crippen LogP contribution is -2.11. The Morgan fingerprint density at radius 2 is 2.33 bits per heavy atom. The highest BCUT2D eigenvalue weighted by Gasteiger charge is 2.24. The zero-order valence-electron chi connectivity index (χ0n) is 11.2. The average Bonchev–Trinajstić information content (AvgIpc) is 3.05. The third kappa shape index (κ3) is 2.83. The number of nitrogens with two attached hydrogens (primary N) is 1. The molecule has 0 bridgehead atoms. The number of nitrogen functional groups attached to an aromatic ring is 1. The van der Waals surface area contributed by atoms with Crippen LogP contribution in [0.1, 0.15) is 11.1 Å². The van der Waals surface area contributed by atoms with Crippen LogP contribution < -0.4 is 10.5 Å². The molecule has 0 saturated carbocycles. The lowest BCUT2D eigenvalue weighted by Gasteiger charge is -2.08. The van der Waals surface area contributed by atoms with Gasteiger partial charge in [-0.25, -0.2) is 4.39 Å². The number of carbonyl (C=O) groups is 1. The maximum atomic E-state index is 14.0. The Labute approximate surface area is 119 Å². The van der Waals surface area contributed by atoms with Crippen molar-refractivity contribution < 1.29 is 13.9 Å². The Hall–Kier alpha value is -2.51. The van der Waals surface area contributed by atoms with E-state index in [1.54, 1.807) is 6.07 Å². The quantitative estimate of drug-likeness (QED) is 0.800. The highest BCUT2D eigenvalue weighted by molar-refractivity contribution is 5.59. The second kappa shape index (κ2) is 5.47. The van der Waals surface area contributed by atoms with Crippen LogP contribution in [0.2, 0.25) is 0 Å². The minimum absolute atomic E-state index is 0.0958. The van der Waals surface area contributed by atoms with Gasteiger partial charge in [0.2, 0.25) is 0 Å². The summed E-state index contributed by atoms with van der Waals surface area (Å²) in [6, 6.07) is 3.13. The molecule has 1 aliphatic rings. The lowest BCUT2D eigenvalue weighted by molar-refractivity contribution is -0.110. The van der Waals surface area contributed by atoms with Gasteiger partial charge in [-0.15, -0.1) is 5.10 Å². The Kier molecular flexibility index (Phi) is 3.51. The number of hydrogen-bond acceptors (Lipinski definition) is 6. The number of benzene rings is 1. The summed E-state index contributed by atoms with van der Waals surface area (Å²) in [6.45, 7) is 0.630. The fourth-order valence-corrected chi connectivity index (χ4v) is 2.47. The molecule has 1 aromatic carbocycles. The third-order valence-electron chi connectivity index (χ3n) is 3.43. The Bertz CT molecular complexity index is 673. The molecule has 1 aliphatic carbocycles. The first kappa shape index (κ1) is 13.5. The van der Waals surface area contributed by atoms with Crippen molar-refractivity contribution in [2.24, 2.45) is 5.92 Å². The minimum Gasteiger partial charge on any atom is -0.491 e. The fourth-order valence-electron chi connectivity index (χ4n) is 2.47. The number of hydrogen-bond donors (Lipinski definition) is 1. The summed E-state index contributed by atoms with van der Waals surface area (Å²) in [4.78, 5) is 12.1. The number of nitrogens with zero attached hydrogens (tertiary/aromatic N) is 4. The molecule has 0 spiro atoms. The molecule has 110 valence electrons. The molecule has 1 atom stereocenters. The van der Waals surface area contributed by atoms with Crippen molar-refractivity contribution in [3.8, 4) is 5.75 Å². The molecule has 3 rings (SSSR count). The van der Waals surface area contributed by atoms with E-state index in [0.29, 0.717) is 30.7 Å². The van der Waals surface area contributed by atoms with Crippen LogP contribution in [0, 0.1) is 11.7 Å². The summed E-state index contributed by atoms with van der Waals surface area (Å²) >= 11 is 0. The number of aromatic nitrogens is 4. The van der Waals surface area contributed by atoms with E-state index in [1.807, 2.05) is 0 Å². The first-order valence-electron chi connectivity index (χ1n) is 6.58. The van der Waals surface area contributed by atoms with Gasteiger partial charge >= 0.3 is 0 Å². The molecule has 0 saturated heterocycles. The van der Waals surface area contributed by atoms with E-state index in [1.165, 1.54) is 10.9 Å². The average molecular weight is 291 g/mol. The van der Waals surface area contributed by atoms with E-state index in [0.717, 1.165) is 11.8 Å². The zero-order chi connectivity index (χ0) is 14.8. The van der Waals surface area contributed by atoms with Gasteiger partial charge in [-0.05, 0) is 35.2 Å².